The molecule has 28 heavy (non-hydrogen) atoms. The van der Waals surface area contributed by atoms with E-state index < -0.39 is 23.7 Å². The topological polar surface area (TPSA) is 70.7 Å². The van der Waals surface area contributed by atoms with Crippen LogP contribution in [0.4, 0.5) is 30.2 Å². The zero-order valence-electron chi connectivity index (χ0n) is 14.5. The van der Waals surface area contributed by atoms with Crippen molar-refractivity contribution in [1.29, 1.82) is 0 Å². The molecule has 6 nitrogen and oxygen atoms in total. The average molecular weight is 391 g/mol. The summed E-state index contributed by atoms with van der Waals surface area (Å²) in [6.07, 6.45) is -4.18. The summed E-state index contributed by atoms with van der Waals surface area (Å²) in [5.74, 6) is -0.212. The summed E-state index contributed by atoms with van der Waals surface area (Å²) in [5.41, 5.74) is 0.141. The molecule has 146 valence electrons. The van der Waals surface area contributed by atoms with Crippen LogP contribution in [0.15, 0.2) is 42.5 Å². The van der Waals surface area contributed by atoms with E-state index >= 15 is 0 Å². The molecule has 0 spiro atoms. The van der Waals surface area contributed by atoms with E-state index in [0.29, 0.717) is 23.5 Å². The minimum absolute atomic E-state index is 0.0964. The Balaban J connectivity index is 1.53. The second-order valence-electron chi connectivity index (χ2n) is 6.54. The summed E-state index contributed by atoms with van der Waals surface area (Å²) in [4.78, 5) is 25.2. The number of anilines is 3. The third-order valence-corrected chi connectivity index (χ3v) is 4.66. The summed E-state index contributed by atoms with van der Waals surface area (Å²) in [6, 6.07) is 9.36. The van der Waals surface area contributed by atoms with Gasteiger partial charge in [0.2, 0.25) is 5.91 Å². The first-order chi connectivity index (χ1) is 13.3. The monoisotopic (exact) mass is 391 g/mol. The minimum atomic E-state index is -4.54. The molecule has 0 aliphatic carbocycles. The van der Waals surface area contributed by atoms with Crippen molar-refractivity contribution < 1.29 is 27.5 Å². The molecule has 2 aliphatic heterocycles. The number of carbonyl (C=O) groups is 2. The van der Waals surface area contributed by atoms with Gasteiger partial charge in [0.25, 0.3) is 5.91 Å². The molecular formula is C19H16F3N3O3. The predicted molar refractivity (Wildman–Crippen MR) is 96.4 cm³/mol. The molecule has 0 saturated carbocycles. The van der Waals surface area contributed by atoms with Crippen molar-refractivity contribution >= 4 is 28.9 Å². The molecule has 1 fully saturated rings. The smallest absolute Gasteiger partial charge is 0.418 e. The van der Waals surface area contributed by atoms with Crippen molar-refractivity contribution in [2.75, 3.05) is 28.7 Å². The van der Waals surface area contributed by atoms with Crippen LogP contribution in [0, 0.1) is 0 Å². The van der Waals surface area contributed by atoms with Gasteiger partial charge < -0.3 is 20.3 Å². The first kappa shape index (κ1) is 18.1. The van der Waals surface area contributed by atoms with Gasteiger partial charge in [-0.3, -0.25) is 9.59 Å². The highest BCUT2D eigenvalue weighted by molar-refractivity contribution is 6.02. The van der Waals surface area contributed by atoms with Gasteiger partial charge in [0.05, 0.1) is 16.9 Å². The Bertz CT molecular complexity index is 946. The molecule has 4 rings (SSSR count). The van der Waals surface area contributed by atoms with E-state index in [2.05, 4.69) is 10.6 Å². The Kier molecular flexibility index (Phi) is 4.37. The summed E-state index contributed by atoms with van der Waals surface area (Å²) in [6.45, 7) is 0.0852. The van der Waals surface area contributed by atoms with E-state index in [0.717, 1.165) is 11.0 Å². The van der Waals surface area contributed by atoms with E-state index in [9.17, 15) is 22.8 Å². The van der Waals surface area contributed by atoms with Gasteiger partial charge in [-0.25, -0.2) is 0 Å². The molecule has 0 aromatic heterocycles. The highest BCUT2D eigenvalue weighted by atomic mass is 19.4. The normalized spacial score (nSPS) is 19.1. The van der Waals surface area contributed by atoms with E-state index in [1.54, 1.807) is 18.2 Å². The zero-order valence-corrected chi connectivity index (χ0v) is 14.5. The van der Waals surface area contributed by atoms with Crippen LogP contribution in [0.25, 0.3) is 0 Å². The summed E-state index contributed by atoms with van der Waals surface area (Å²) >= 11 is 0. The van der Waals surface area contributed by atoms with Gasteiger partial charge in [0, 0.05) is 18.3 Å². The molecule has 9 heteroatoms. The summed E-state index contributed by atoms with van der Waals surface area (Å²) in [5, 5.41) is 5.71. The van der Waals surface area contributed by atoms with Crippen molar-refractivity contribution in [3.8, 4) is 5.75 Å². The Hall–Kier alpha value is -3.23. The second kappa shape index (κ2) is 6.74. The molecule has 1 atom stereocenters. The Morgan fingerprint density at radius 2 is 1.93 bits per heavy atom. The highest BCUT2D eigenvalue weighted by Gasteiger charge is 2.39. The Labute approximate surface area is 158 Å². The van der Waals surface area contributed by atoms with Gasteiger partial charge in [0.15, 0.2) is 6.61 Å². The fourth-order valence-electron chi connectivity index (χ4n) is 3.37. The Morgan fingerprint density at radius 3 is 2.71 bits per heavy atom. The van der Waals surface area contributed by atoms with Crippen LogP contribution in [0.5, 0.6) is 5.75 Å². The van der Waals surface area contributed by atoms with E-state index in [-0.39, 0.29) is 24.7 Å². The number of fused-ring (bicyclic) bond motifs is 1. The quantitative estimate of drug-likeness (QED) is 0.843. The molecule has 1 saturated heterocycles. The Morgan fingerprint density at radius 1 is 1.14 bits per heavy atom. The number of ether oxygens (including phenoxy) is 1. The van der Waals surface area contributed by atoms with Gasteiger partial charge in [-0.15, -0.1) is 0 Å². The van der Waals surface area contributed by atoms with Crippen LogP contribution in [-0.4, -0.2) is 31.0 Å². The van der Waals surface area contributed by atoms with E-state index in [1.807, 2.05) is 0 Å². The van der Waals surface area contributed by atoms with Gasteiger partial charge in [-0.05, 0) is 30.7 Å². The van der Waals surface area contributed by atoms with Crippen molar-refractivity contribution in [1.82, 2.24) is 0 Å². The number of alkyl halides is 3. The molecule has 2 amide bonds. The molecule has 2 heterocycles. The van der Waals surface area contributed by atoms with Gasteiger partial charge >= 0.3 is 6.18 Å². The number of carbonyl (C=O) groups excluding carboxylic acids is 2. The lowest BCUT2D eigenvalue weighted by molar-refractivity contribution is -0.137. The maximum absolute atomic E-state index is 13.3. The van der Waals surface area contributed by atoms with Crippen LogP contribution in [0.1, 0.15) is 12.0 Å². The second-order valence-corrected chi connectivity index (χ2v) is 6.54. The fourth-order valence-corrected chi connectivity index (χ4v) is 3.37. The SMILES string of the molecule is O=C1COc2cc(NC3CCN(c4ccccc4C(F)(F)F)C3=O)ccc2N1. The lowest BCUT2D eigenvalue weighted by Gasteiger charge is -2.22. The van der Waals surface area contributed by atoms with E-state index in [1.165, 1.54) is 18.2 Å². The van der Waals surface area contributed by atoms with Crippen molar-refractivity contribution in [2.45, 2.75) is 18.6 Å². The largest absolute Gasteiger partial charge is 0.482 e. The van der Waals surface area contributed by atoms with Gasteiger partial charge in [-0.1, -0.05) is 12.1 Å². The van der Waals surface area contributed by atoms with Crippen LogP contribution in [0.3, 0.4) is 0 Å². The number of nitrogens with one attached hydrogen (secondary N) is 2. The molecular weight excluding hydrogens is 375 g/mol. The minimum Gasteiger partial charge on any atom is -0.482 e. The van der Waals surface area contributed by atoms with Crippen molar-refractivity contribution in [2.24, 2.45) is 0 Å². The molecule has 2 N–H and O–H groups in total. The first-order valence-electron chi connectivity index (χ1n) is 8.64. The maximum atomic E-state index is 13.3. The number of hydrogen-bond acceptors (Lipinski definition) is 4. The molecule has 0 bridgehead atoms. The number of amides is 2. The van der Waals surface area contributed by atoms with Crippen molar-refractivity contribution in [3.63, 3.8) is 0 Å². The lowest BCUT2D eigenvalue weighted by Crippen LogP contribution is -2.34. The zero-order chi connectivity index (χ0) is 19.9. The maximum Gasteiger partial charge on any atom is 0.418 e. The number of rotatable bonds is 3. The van der Waals surface area contributed by atoms with Crippen molar-refractivity contribution in [3.05, 3.63) is 48.0 Å². The molecule has 0 radical (unpaired) electrons. The number of para-hydroxylation sites is 1. The predicted octanol–water partition coefficient (Wildman–Crippen LogP) is 3.25. The van der Waals surface area contributed by atoms with E-state index in [4.69, 9.17) is 4.74 Å². The molecule has 2 aromatic carbocycles. The summed E-state index contributed by atoms with van der Waals surface area (Å²) in [7, 11) is 0. The van der Waals surface area contributed by atoms with Crippen LogP contribution < -0.4 is 20.3 Å². The number of nitrogens with zero attached hydrogens (tertiary/aromatic N) is 1. The third-order valence-electron chi connectivity index (χ3n) is 4.66. The number of benzene rings is 2. The fraction of sp³-hybridized carbons (Fsp3) is 0.263. The average Bonchev–Trinajstić information content (AvgIpc) is 3.01. The van der Waals surface area contributed by atoms with Crippen LogP contribution in [0.2, 0.25) is 0 Å². The number of hydrogen-bond donors (Lipinski definition) is 2. The van der Waals surface area contributed by atoms with Crippen LogP contribution in [-0.2, 0) is 15.8 Å². The van der Waals surface area contributed by atoms with Gasteiger partial charge in [0.1, 0.15) is 11.8 Å². The molecule has 2 aliphatic rings. The lowest BCUT2D eigenvalue weighted by atomic mass is 10.1. The standard InChI is InChI=1S/C19H16F3N3O3/c20-19(21,22)12-3-1-2-4-15(12)25-8-7-14(18(25)27)23-11-5-6-13-16(9-11)28-10-17(26)24-13/h1-6,9,14,23H,7-8,10H2,(H,24,26). The molecule has 1 unspecified atom stereocenters. The van der Waals surface area contributed by atoms with Gasteiger partial charge in [-0.2, -0.15) is 13.2 Å². The van der Waals surface area contributed by atoms with Crippen LogP contribution >= 0.6 is 0 Å². The summed E-state index contributed by atoms with van der Waals surface area (Å²) < 4.78 is 45.1. The first-order valence-corrected chi connectivity index (χ1v) is 8.64. The molecule has 2 aromatic rings. The highest BCUT2D eigenvalue weighted by Crippen LogP contribution is 2.38. The third kappa shape index (κ3) is 3.35. The number of halogens is 3.